The van der Waals surface area contributed by atoms with E-state index in [-0.39, 0.29) is 28.3 Å². The maximum atomic E-state index is 13.6. The summed E-state index contributed by atoms with van der Waals surface area (Å²) in [7, 11) is 0. The highest BCUT2D eigenvalue weighted by Crippen LogP contribution is 2.59. The van der Waals surface area contributed by atoms with Gasteiger partial charge in [0.15, 0.2) is 11.6 Å². The molecule has 1 spiro atoms. The molecular formula is C24H25NO4. The topological polar surface area (TPSA) is 72.5 Å². The van der Waals surface area contributed by atoms with Gasteiger partial charge in [-0.3, -0.25) is 14.4 Å². The molecule has 0 aromatic heterocycles. The lowest BCUT2D eigenvalue weighted by Gasteiger charge is -2.46. The summed E-state index contributed by atoms with van der Waals surface area (Å²) in [6.07, 6.45) is 1.79. The summed E-state index contributed by atoms with van der Waals surface area (Å²) >= 11 is 0. The second-order valence-electron chi connectivity index (χ2n) is 10.3. The van der Waals surface area contributed by atoms with Crippen LogP contribution in [0.4, 0.5) is 5.69 Å². The number of allylic oxidation sites excluding steroid dienone is 2. The first-order chi connectivity index (χ1) is 13.6. The Morgan fingerprint density at radius 1 is 0.793 bits per heavy atom. The highest BCUT2D eigenvalue weighted by Gasteiger charge is 2.63. The van der Waals surface area contributed by atoms with Crippen LogP contribution < -0.4 is 5.32 Å². The van der Waals surface area contributed by atoms with Crippen LogP contribution in [0.1, 0.15) is 58.9 Å². The Balaban J connectivity index is 1.86. The van der Waals surface area contributed by atoms with Crippen LogP contribution in [0.2, 0.25) is 0 Å². The van der Waals surface area contributed by atoms with Gasteiger partial charge in [0.25, 0.3) is 0 Å². The van der Waals surface area contributed by atoms with E-state index in [0.29, 0.717) is 59.6 Å². The summed E-state index contributed by atoms with van der Waals surface area (Å²) in [5, 5.41) is 2.94. The number of ether oxygens (including phenoxy) is 1. The van der Waals surface area contributed by atoms with Gasteiger partial charge in [-0.25, -0.2) is 0 Å². The number of rotatable bonds is 0. The quantitative estimate of drug-likeness (QED) is 0.720. The number of para-hydroxylation sites is 1. The number of carbonyl (C=O) groups excluding carboxylic acids is 3. The molecule has 1 aromatic carbocycles. The highest BCUT2D eigenvalue weighted by molar-refractivity contribution is 6.23. The summed E-state index contributed by atoms with van der Waals surface area (Å²) in [6, 6.07) is 7.38. The lowest BCUT2D eigenvalue weighted by molar-refractivity contribution is -0.127. The normalized spacial score (nSPS) is 26.0. The molecule has 2 aliphatic heterocycles. The predicted molar refractivity (Wildman–Crippen MR) is 108 cm³/mol. The molecule has 0 saturated heterocycles. The number of nitrogens with one attached hydrogen (secondary N) is 1. The van der Waals surface area contributed by atoms with Crippen LogP contribution >= 0.6 is 0 Å². The number of anilines is 1. The van der Waals surface area contributed by atoms with Gasteiger partial charge in [-0.05, 0) is 16.9 Å². The molecule has 1 N–H and O–H groups in total. The van der Waals surface area contributed by atoms with Gasteiger partial charge in [-0.2, -0.15) is 0 Å². The van der Waals surface area contributed by atoms with Gasteiger partial charge in [0.1, 0.15) is 16.9 Å². The van der Waals surface area contributed by atoms with E-state index in [4.69, 9.17) is 4.74 Å². The molecule has 5 rings (SSSR count). The van der Waals surface area contributed by atoms with Crippen LogP contribution in [0, 0.1) is 10.8 Å². The summed E-state index contributed by atoms with van der Waals surface area (Å²) < 4.78 is 6.29. The Bertz CT molecular complexity index is 1020. The molecule has 2 heterocycles. The number of benzene rings is 1. The molecule has 1 aromatic rings. The van der Waals surface area contributed by atoms with Gasteiger partial charge in [0.2, 0.25) is 5.91 Å². The van der Waals surface area contributed by atoms with Crippen LogP contribution in [0.25, 0.3) is 0 Å². The van der Waals surface area contributed by atoms with Crippen molar-refractivity contribution in [1.29, 1.82) is 0 Å². The average Bonchev–Trinajstić information content (AvgIpc) is 2.84. The third-order valence-corrected chi connectivity index (χ3v) is 6.59. The van der Waals surface area contributed by atoms with E-state index in [1.54, 1.807) is 0 Å². The van der Waals surface area contributed by atoms with Gasteiger partial charge in [-0.1, -0.05) is 45.9 Å². The smallest absolute Gasteiger partial charge is 0.244 e. The van der Waals surface area contributed by atoms with Gasteiger partial charge >= 0.3 is 0 Å². The molecule has 0 saturated carbocycles. The molecule has 150 valence electrons. The number of ketones is 2. The fourth-order valence-corrected chi connectivity index (χ4v) is 5.57. The minimum absolute atomic E-state index is 0.104. The fraction of sp³-hybridized carbons (Fsp3) is 0.458. The predicted octanol–water partition coefficient (Wildman–Crippen LogP) is 4.19. The summed E-state index contributed by atoms with van der Waals surface area (Å²) in [5.41, 5.74) is 0.191. The van der Waals surface area contributed by atoms with Gasteiger partial charge < -0.3 is 10.1 Å². The van der Waals surface area contributed by atoms with Gasteiger partial charge in [0, 0.05) is 36.9 Å². The fourth-order valence-electron chi connectivity index (χ4n) is 5.57. The van der Waals surface area contributed by atoms with Gasteiger partial charge in [0.05, 0.1) is 11.1 Å². The second-order valence-corrected chi connectivity index (χ2v) is 10.3. The van der Waals surface area contributed by atoms with Crippen molar-refractivity contribution in [3.8, 4) is 0 Å². The Morgan fingerprint density at radius 3 is 1.86 bits per heavy atom. The molecule has 29 heavy (non-hydrogen) atoms. The molecule has 2 aliphatic carbocycles. The van der Waals surface area contributed by atoms with Crippen LogP contribution in [0.3, 0.4) is 0 Å². The number of amides is 1. The molecule has 5 nitrogen and oxygen atoms in total. The van der Waals surface area contributed by atoms with Gasteiger partial charge in [-0.15, -0.1) is 0 Å². The molecule has 0 fully saturated rings. The zero-order chi connectivity index (χ0) is 20.8. The SMILES string of the molecule is CC1(C)CC(=O)C2=C(C1)OC1=C(C(=O)CC(C)(C)C1)C21C(=O)Nc2ccccc21. The van der Waals surface area contributed by atoms with E-state index in [9.17, 15) is 14.4 Å². The lowest BCUT2D eigenvalue weighted by Crippen LogP contribution is -2.51. The lowest BCUT2D eigenvalue weighted by atomic mass is 9.58. The Hall–Kier alpha value is -2.69. The van der Waals surface area contributed by atoms with Crippen molar-refractivity contribution >= 4 is 23.2 Å². The van der Waals surface area contributed by atoms with Crippen molar-refractivity contribution < 1.29 is 19.1 Å². The Kier molecular flexibility index (Phi) is 3.46. The maximum Gasteiger partial charge on any atom is 0.244 e. The van der Waals surface area contributed by atoms with Crippen molar-refractivity contribution in [1.82, 2.24) is 0 Å². The Morgan fingerprint density at radius 2 is 1.31 bits per heavy atom. The number of hydrogen-bond acceptors (Lipinski definition) is 4. The van der Waals surface area contributed by atoms with Crippen molar-refractivity contribution in [2.45, 2.75) is 58.8 Å². The van der Waals surface area contributed by atoms with Crippen molar-refractivity contribution in [2.24, 2.45) is 10.8 Å². The number of hydrogen-bond donors (Lipinski definition) is 1. The highest BCUT2D eigenvalue weighted by atomic mass is 16.5. The molecular weight excluding hydrogens is 366 g/mol. The zero-order valence-electron chi connectivity index (χ0n) is 17.3. The van der Waals surface area contributed by atoms with Crippen molar-refractivity contribution in [3.63, 3.8) is 0 Å². The third kappa shape index (κ3) is 2.36. The second kappa shape index (κ2) is 5.47. The molecule has 0 radical (unpaired) electrons. The molecule has 0 bridgehead atoms. The van der Waals surface area contributed by atoms with Crippen LogP contribution in [-0.4, -0.2) is 17.5 Å². The summed E-state index contributed by atoms with van der Waals surface area (Å²) in [5.74, 6) is 0.590. The van der Waals surface area contributed by atoms with Crippen LogP contribution in [0.5, 0.6) is 0 Å². The monoisotopic (exact) mass is 391 g/mol. The molecule has 5 heteroatoms. The number of Topliss-reactive ketones (excluding diaryl/α,β-unsaturated/α-hetero) is 2. The average molecular weight is 391 g/mol. The largest absolute Gasteiger partial charge is 0.465 e. The van der Waals surface area contributed by atoms with Crippen molar-refractivity contribution in [2.75, 3.05) is 5.32 Å². The van der Waals surface area contributed by atoms with E-state index >= 15 is 0 Å². The van der Waals surface area contributed by atoms with E-state index in [1.165, 1.54) is 0 Å². The van der Waals surface area contributed by atoms with E-state index < -0.39 is 5.41 Å². The minimum atomic E-state index is -1.39. The minimum Gasteiger partial charge on any atom is -0.465 e. The first-order valence-corrected chi connectivity index (χ1v) is 10.2. The van der Waals surface area contributed by atoms with E-state index in [2.05, 4.69) is 5.32 Å². The molecule has 4 aliphatic rings. The van der Waals surface area contributed by atoms with E-state index in [1.807, 2.05) is 52.0 Å². The van der Waals surface area contributed by atoms with E-state index in [0.717, 1.165) is 0 Å². The number of fused-ring (bicyclic) bond motifs is 4. The maximum absolute atomic E-state index is 13.6. The summed E-state index contributed by atoms with van der Waals surface area (Å²) in [4.78, 5) is 40.4. The third-order valence-electron chi connectivity index (χ3n) is 6.59. The number of carbonyl (C=O) groups is 3. The van der Waals surface area contributed by atoms with Crippen molar-refractivity contribution in [3.05, 3.63) is 52.5 Å². The first-order valence-electron chi connectivity index (χ1n) is 10.2. The molecule has 1 amide bonds. The zero-order valence-corrected chi connectivity index (χ0v) is 17.3. The van der Waals surface area contributed by atoms with Crippen LogP contribution in [-0.2, 0) is 24.5 Å². The molecule has 0 atom stereocenters. The summed E-state index contributed by atoms with van der Waals surface area (Å²) in [6.45, 7) is 8.14. The molecule has 0 unspecified atom stereocenters. The Labute approximate surface area is 170 Å². The first kappa shape index (κ1) is 18.3. The standard InChI is InChI=1S/C24H25NO4/c1-22(2)9-15(26)19-17(11-22)29-18-12-23(3,4)10-16(27)20(18)24(19)13-7-5-6-8-14(13)25-21(24)28/h5-8H,9-12H2,1-4H3,(H,25,28). The van der Waals surface area contributed by atoms with Crippen LogP contribution in [0.15, 0.2) is 46.9 Å².